The van der Waals surface area contributed by atoms with Gasteiger partial charge in [-0.25, -0.2) is 4.98 Å². The Morgan fingerprint density at radius 3 is 3.08 bits per heavy atom. The first kappa shape index (κ1) is 8.51. The van der Waals surface area contributed by atoms with Gasteiger partial charge in [-0.3, -0.25) is 0 Å². The summed E-state index contributed by atoms with van der Waals surface area (Å²) < 4.78 is 0. The molecule has 2 rings (SSSR count). The van der Waals surface area contributed by atoms with Crippen LogP contribution < -0.4 is 0 Å². The molecule has 0 amide bonds. The van der Waals surface area contributed by atoms with Crippen LogP contribution in [0.25, 0.3) is 10.6 Å². The summed E-state index contributed by atoms with van der Waals surface area (Å²) in [6, 6.07) is 4.35. The lowest BCUT2D eigenvalue weighted by Crippen LogP contribution is -1.72. The molecule has 2 aromatic heterocycles. The van der Waals surface area contributed by atoms with Gasteiger partial charge in [-0.15, -0.1) is 11.3 Å². The third-order valence-corrected chi connectivity index (χ3v) is 3.10. The number of aromatic nitrogens is 2. The molecule has 0 atom stereocenters. The molecule has 0 aliphatic heterocycles. The predicted octanol–water partition coefficient (Wildman–Crippen LogP) is 3.09. The van der Waals surface area contributed by atoms with Gasteiger partial charge in [0.1, 0.15) is 0 Å². The summed E-state index contributed by atoms with van der Waals surface area (Å²) in [6.45, 7) is 2.20. The molecule has 2 aromatic rings. The number of nitrogens with zero attached hydrogens (tertiary/aromatic N) is 1. The zero-order chi connectivity index (χ0) is 9.10. The van der Waals surface area contributed by atoms with E-state index in [1.807, 2.05) is 17.5 Å². The Morgan fingerprint density at radius 1 is 1.46 bits per heavy atom. The second-order valence-corrected chi connectivity index (χ2v) is 4.15. The van der Waals surface area contributed by atoms with Gasteiger partial charge in [0.05, 0.1) is 23.1 Å². The third kappa shape index (κ3) is 1.80. The normalized spacial score (nSPS) is 10.5. The van der Waals surface area contributed by atoms with Crippen LogP contribution in [0, 0.1) is 0 Å². The lowest BCUT2D eigenvalue weighted by Gasteiger charge is -1.90. The van der Waals surface area contributed by atoms with E-state index in [2.05, 4.69) is 29.0 Å². The van der Waals surface area contributed by atoms with Crippen LogP contribution in [-0.4, -0.2) is 9.97 Å². The summed E-state index contributed by atoms with van der Waals surface area (Å²) in [5.74, 6) is 0. The maximum Gasteiger partial charge on any atom is 0.0924 e. The minimum Gasteiger partial charge on any atom is -0.344 e. The summed E-state index contributed by atoms with van der Waals surface area (Å²) in [6.07, 6.45) is 5.97. The summed E-state index contributed by atoms with van der Waals surface area (Å²) in [4.78, 5) is 9.84. The van der Waals surface area contributed by atoms with Crippen molar-refractivity contribution in [1.82, 2.24) is 9.97 Å². The molecule has 2 nitrogen and oxygen atoms in total. The maximum atomic E-state index is 4.00. The van der Waals surface area contributed by atoms with E-state index >= 15 is 0 Å². The van der Waals surface area contributed by atoms with Crippen molar-refractivity contribution in [3.05, 3.63) is 29.5 Å². The molecule has 13 heavy (non-hydrogen) atoms. The number of imidazole rings is 1. The molecule has 0 bridgehead atoms. The Labute approximate surface area is 81.7 Å². The molecule has 0 fully saturated rings. The van der Waals surface area contributed by atoms with Crippen molar-refractivity contribution in [2.75, 3.05) is 0 Å². The van der Waals surface area contributed by atoms with E-state index in [0.717, 1.165) is 5.69 Å². The van der Waals surface area contributed by atoms with Gasteiger partial charge in [0.15, 0.2) is 0 Å². The first-order chi connectivity index (χ1) is 6.40. The van der Waals surface area contributed by atoms with Crippen molar-refractivity contribution in [2.24, 2.45) is 0 Å². The fraction of sp³-hybridized carbons (Fsp3) is 0.300. The van der Waals surface area contributed by atoms with Gasteiger partial charge < -0.3 is 4.98 Å². The van der Waals surface area contributed by atoms with E-state index in [1.165, 1.54) is 22.6 Å². The number of rotatable bonds is 3. The quantitative estimate of drug-likeness (QED) is 0.795. The van der Waals surface area contributed by atoms with Gasteiger partial charge in [0, 0.05) is 4.88 Å². The number of thiophene rings is 1. The number of aryl methyl sites for hydroxylation is 1. The topological polar surface area (TPSA) is 28.7 Å². The van der Waals surface area contributed by atoms with E-state index in [-0.39, 0.29) is 0 Å². The molecule has 68 valence electrons. The summed E-state index contributed by atoms with van der Waals surface area (Å²) in [5, 5.41) is 0. The average molecular weight is 192 g/mol. The second kappa shape index (κ2) is 3.75. The number of hydrogen-bond acceptors (Lipinski definition) is 2. The number of aromatic amines is 1. The van der Waals surface area contributed by atoms with Crippen molar-refractivity contribution < 1.29 is 0 Å². The standard InChI is InChI=1S/C10H12N2S/c1-2-3-8-4-5-10(13-8)9-6-11-7-12-9/h4-7H,2-3H2,1H3,(H,11,12). The molecule has 0 spiro atoms. The number of H-pyrrole nitrogens is 1. The van der Waals surface area contributed by atoms with Gasteiger partial charge in [-0.1, -0.05) is 13.3 Å². The van der Waals surface area contributed by atoms with Gasteiger partial charge >= 0.3 is 0 Å². The first-order valence-electron chi connectivity index (χ1n) is 4.47. The molecule has 0 aromatic carbocycles. The van der Waals surface area contributed by atoms with Crippen LogP contribution in [0.1, 0.15) is 18.2 Å². The fourth-order valence-electron chi connectivity index (χ4n) is 1.29. The molecule has 0 aliphatic rings. The largest absolute Gasteiger partial charge is 0.344 e. The van der Waals surface area contributed by atoms with Crippen LogP contribution in [0.3, 0.4) is 0 Å². The highest BCUT2D eigenvalue weighted by Gasteiger charge is 2.02. The molecule has 2 heterocycles. The van der Waals surface area contributed by atoms with Gasteiger partial charge in [-0.05, 0) is 18.6 Å². The van der Waals surface area contributed by atoms with Gasteiger partial charge in [0.2, 0.25) is 0 Å². The maximum absolute atomic E-state index is 4.00. The molecule has 1 N–H and O–H groups in total. The van der Waals surface area contributed by atoms with Crippen molar-refractivity contribution in [1.29, 1.82) is 0 Å². The van der Waals surface area contributed by atoms with Crippen molar-refractivity contribution in [3.8, 4) is 10.6 Å². The molecule has 0 radical (unpaired) electrons. The molecule has 0 saturated carbocycles. The zero-order valence-electron chi connectivity index (χ0n) is 7.58. The Kier molecular flexibility index (Phi) is 2.45. The van der Waals surface area contributed by atoms with Gasteiger partial charge in [0.25, 0.3) is 0 Å². The lowest BCUT2D eigenvalue weighted by molar-refractivity contribution is 0.940. The molecule has 3 heteroatoms. The van der Waals surface area contributed by atoms with Crippen LogP contribution in [0.5, 0.6) is 0 Å². The Bertz CT molecular complexity index is 362. The molecular weight excluding hydrogens is 180 g/mol. The smallest absolute Gasteiger partial charge is 0.0924 e. The first-order valence-corrected chi connectivity index (χ1v) is 5.29. The lowest BCUT2D eigenvalue weighted by atomic mass is 10.3. The van der Waals surface area contributed by atoms with Crippen LogP contribution in [0.4, 0.5) is 0 Å². The van der Waals surface area contributed by atoms with E-state index < -0.39 is 0 Å². The number of hydrogen-bond donors (Lipinski definition) is 1. The van der Waals surface area contributed by atoms with Crippen LogP contribution in [0.15, 0.2) is 24.7 Å². The van der Waals surface area contributed by atoms with E-state index in [4.69, 9.17) is 0 Å². The molecule has 0 aliphatic carbocycles. The summed E-state index contributed by atoms with van der Waals surface area (Å²) in [7, 11) is 0. The summed E-state index contributed by atoms with van der Waals surface area (Å²) >= 11 is 1.84. The minimum absolute atomic E-state index is 1.12. The van der Waals surface area contributed by atoms with Crippen molar-refractivity contribution in [2.45, 2.75) is 19.8 Å². The van der Waals surface area contributed by atoms with Crippen molar-refractivity contribution in [3.63, 3.8) is 0 Å². The van der Waals surface area contributed by atoms with Crippen molar-refractivity contribution >= 4 is 11.3 Å². The number of nitrogens with one attached hydrogen (secondary N) is 1. The minimum atomic E-state index is 1.12. The van der Waals surface area contributed by atoms with E-state index in [9.17, 15) is 0 Å². The Balaban J connectivity index is 2.23. The SMILES string of the molecule is CCCc1ccc(-c2cnc[nH]2)s1. The molecule has 0 unspecified atom stereocenters. The average Bonchev–Trinajstić information content (AvgIpc) is 2.70. The monoisotopic (exact) mass is 192 g/mol. The third-order valence-electron chi connectivity index (χ3n) is 1.92. The van der Waals surface area contributed by atoms with E-state index in [0.29, 0.717) is 0 Å². The van der Waals surface area contributed by atoms with Crippen LogP contribution in [-0.2, 0) is 6.42 Å². The van der Waals surface area contributed by atoms with E-state index in [1.54, 1.807) is 6.33 Å². The van der Waals surface area contributed by atoms with Gasteiger partial charge in [-0.2, -0.15) is 0 Å². The Morgan fingerprint density at radius 2 is 2.38 bits per heavy atom. The Hall–Kier alpha value is -1.09. The fourth-order valence-corrected chi connectivity index (χ4v) is 2.38. The highest BCUT2D eigenvalue weighted by atomic mass is 32.1. The summed E-state index contributed by atoms with van der Waals surface area (Å²) in [5.41, 5.74) is 1.12. The molecular formula is C10H12N2S. The zero-order valence-corrected chi connectivity index (χ0v) is 8.40. The highest BCUT2D eigenvalue weighted by Crippen LogP contribution is 2.26. The highest BCUT2D eigenvalue weighted by molar-refractivity contribution is 7.15. The predicted molar refractivity (Wildman–Crippen MR) is 55.9 cm³/mol. The second-order valence-electron chi connectivity index (χ2n) is 2.98. The van der Waals surface area contributed by atoms with Crippen LogP contribution >= 0.6 is 11.3 Å². The molecule has 0 saturated heterocycles. The van der Waals surface area contributed by atoms with Crippen LogP contribution in [0.2, 0.25) is 0 Å².